The molecule has 0 heterocycles. The standard InChI is InChI=1S/C17H16O3/c1-20-16(18)12-9-13-7-10-15(11-8-13)17(19)14-5-3-2-4-6-14/h2-12,17,19H,1H3/b12-9+. The molecular weight excluding hydrogens is 252 g/mol. The summed E-state index contributed by atoms with van der Waals surface area (Å²) in [5.74, 6) is -0.390. The van der Waals surface area contributed by atoms with Crippen molar-refractivity contribution >= 4 is 12.0 Å². The van der Waals surface area contributed by atoms with Crippen molar-refractivity contribution in [1.29, 1.82) is 0 Å². The van der Waals surface area contributed by atoms with Gasteiger partial charge in [0.1, 0.15) is 6.10 Å². The van der Waals surface area contributed by atoms with E-state index in [1.165, 1.54) is 13.2 Å². The number of ether oxygens (including phenoxy) is 1. The third-order valence-electron chi connectivity index (χ3n) is 2.98. The van der Waals surface area contributed by atoms with Crippen LogP contribution >= 0.6 is 0 Å². The van der Waals surface area contributed by atoms with Crippen molar-refractivity contribution in [2.75, 3.05) is 7.11 Å². The van der Waals surface area contributed by atoms with Gasteiger partial charge in [-0.2, -0.15) is 0 Å². The van der Waals surface area contributed by atoms with Crippen LogP contribution in [0.5, 0.6) is 0 Å². The molecule has 0 amide bonds. The zero-order valence-electron chi connectivity index (χ0n) is 11.2. The van der Waals surface area contributed by atoms with Crippen LogP contribution in [-0.2, 0) is 9.53 Å². The number of rotatable bonds is 4. The van der Waals surface area contributed by atoms with E-state index >= 15 is 0 Å². The molecule has 0 bridgehead atoms. The number of carbonyl (C=O) groups is 1. The number of hydrogen-bond donors (Lipinski definition) is 1. The molecule has 0 aliphatic heterocycles. The molecule has 20 heavy (non-hydrogen) atoms. The minimum absolute atomic E-state index is 0.390. The second-order valence-electron chi connectivity index (χ2n) is 4.34. The van der Waals surface area contributed by atoms with Crippen LogP contribution in [0.15, 0.2) is 60.7 Å². The maximum absolute atomic E-state index is 11.0. The minimum atomic E-state index is -0.644. The Morgan fingerprint density at radius 3 is 2.25 bits per heavy atom. The van der Waals surface area contributed by atoms with E-state index in [4.69, 9.17) is 0 Å². The summed E-state index contributed by atoms with van der Waals surface area (Å²) in [6.45, 7) is 0. The van der Waals surface area contributed by atoms with E-state index in [-0.39, 0.29) is 0 Å². The van der Waals surface area contributed by atoms with Crippen molar-refractivity contribution in [2.24, 2.45) is 0 Å². The van der Waals surface area contributed by atoms with Gasteiger partial charge in [0.15, 0.2) is 0 Å². The number of benzene rings is 2. The summed E-state index contributed by atoms with van der Waals surface area (Å²) >= 11 is 0. The van der Waals surface area contributed by atoms with Gasteiger partial charge in [0, 0.05) is 6.08 Å². The van der Waals surface area contributed by atoms with E-state index in [1.54, 1.807) is 6.08 Å². The summed E-state index contributed by atoms with van der Waals surface area (Å²) < 4.78 is 4.53. The molecule has 3 nitrogen and oxygen atoms in total. The van der Waals surface area contributed by atoms with Crippen LogP contribution in [0, 0.1) is 0 Å². The Kier molecular flexibility index (Phi) is 4.69. The fourth-order valence-corrected chi connectivity index (χ4v) is 1.85. The average Bonchev–Trinajstić information content (AvgIpc) is 2.53. The number of aliphatic hydroxyl groups is 1. The first-order valence-corrected chi connectivity index (χ1v) is 6.29. The molecule has 1 atom stereocenters. The molecule has 2 aromatic carbocycles. The molecule has 1 unspecified atom stereocenters. The predicted octanol–water partition coefficient (Wildman–Crippen LogP) is 2.95. The van der Waals surface area contributed by atoms with E-state index in [1.807, 2.05) is 54.6 Å². The SMILES string of the molecule is COC(=O)/C=C/c1ccc(C(O)c2ccccc2)cc1. The maximum atomic E-state index is 11.0. The summed E-state index contributed by atoms with van der Waals surface area (Å²) in [7, 11) is 1.34. The van der Waals surface area contributed by atoms with Gasteiger partial charge in [0.25, 0.3) is 0 Å². The van der Waals surface area contributed by atoms with Gasteiger partial charge >= 0.3 is 5.97 Å². The first-order chi connectivity index (χ1) is 9.70. The zero-order chi connectivity index (χ0) is 14.4. The molecule has 0 spiro atoms. The topological polar surface area (TPSA) is 46.5 Å². The van der Waals surface area contributed by atoms with Crippen LogP contribution in [0.3, 0.4) is 0 Å². The molecule has 2 rings (SSSR count). The van der Waals surface area contributed by atoms with Gasteiger partial charge in [-0.05, 0) is 22.8 Å². The van der Waals surface area contributed by atoms with Gasteiger partial charge in [0.05, 0.1) is 7.11 Å². The van der Waals surface area contributed by atoms with Gasteiger partial charge in [-0.3, -0.25) is 0 Å². The second kappa shape index (κ2) is 6.68. The normalized spacial score (nSPS) is 12.3. The van der Waals surface area contributed by atoms with E-state index in [0.29, 0.717) is 0 Å². The third-order valence-corrected chi connectivity index (χ3v) is 2.98. The van der Waals surface area contributed by atoms with Crippen molar-refractivity contribution in [1.82, 2.24) is 0 Å². The van der Waals surface area contributed by atoms with Crippen molar-refractivity contribution in [3.8, 4) is 0 Å². The Balaban J connectivity index is 2.12. The Hall–Kier alpha value is -2.39. The average molecular weight is 268 g/mol. The van der Waals surface area contributed by atoms with Gasteiger partial charge in [-0.1, -0.05) is 54.6 Å². The van der Waals surface area contributed by atoms with E-state index in [9.17, 15) is 9.90 Å². The second-order valence-corrected chi connectivity index (χ2v) is 4.34. The zero-order valence-corrected chi connectivity index (χ0v) is 11.2. The Labute approximate surface area is 118 Å². The molecule has 2 aromatic rings. The summed E-state index contributed by atoms with van der Waals surface area (Å²) in [4.78, 5) is 11.0. The molecule has 0 saturated heterocycles. The smallest absolute Gasteiger partial charge is 0.330 e. The van der Waals surface area contributed by atoms with Crippen molar-refractivity contribution < 1.29 is 14.6 Å². The van der Waals surface area contributed by atoms with Crippen molar-refractivity contribution in [3.05, 3.63) is 77.4 Å². The van der Waals surface area contributed by atoms with Gasteiger partial charge in [-0.15, -0.1) is 0 Å². The highest BCUT2D eigenvalue weighted by Crippen LogP contribution is 2.22. The molecule has 0 radical (unpaired) electrons. The van der Waals surface area contributed by atoms with Crippen LogP contribution in [-0.4, -0.2) is 18.2 Å². The monoisotopic (exact) mass is 268 g/mol. The van der Waals surface area contributed by atoms with E-state index in [2.05, 4.69) is 4.74 Å². The van der Waals surface area contributed by atoms with Gasteiger partial charge < -0.3 is 9.84 Å². The number of methoxy groups -OCH3 is 1. The van der Waals surface area contributed by atoms with Crippen LogP contribution in [0.2, 0.25) is 0 Å². The number of carbonyl (C=O) groups excluding carboxylic acids is 1. The van der Waals surface area contributed by atoms with E-state index < -0.39 is 12.1 Å². The lowest BCUT2D eigenvalue weighted by molar-refractivity contribution is -0.134. The highest BCUT2D eigenvalue weighted by molar-refractivity contribution is 5.86. The largest absolute Gasteiger partial charge is 0.466 e. The molecule has 0 saturated carbocycles. The fraction of sp³-hybridized carbons (Fsp3) is 0.118. The van der Waals surface area contributed by atoms with Crippen molar-refractivity contribution in [2.45, 2.75) is 6.10 Å². The fourth-order valence-electron chi connectivity index (χ4n) is 1.85. The van der Waals surface area contributed by atoms with Crippen LogP contribution in [0.1, 0.15) is 22.8 Å². The summed E-state index contributed by atoms with van der Waals surface area (Å²) in [6, 6.07) is 16.9. The number of hydrogen-bond acceptors (Lipinski definition) is 3. The lowest BCUT2D eigenvalue weighted by Gasteiger charge is -2.11. The highest BCUT2D eigenvalue weighted by Gasteiger charge is 2.08. The first kappa shape index (κ1) is 14.0. The van der Waals surface area contributed by atoms with Crippen LogP contribution in [0.4, 0.5) is 0 Å². The molecule has 0 aromatic heterocycles. The quantitative estimate of drug-likeness (QED) is 0.685. The minimum Gasteiger partial charge on any atom is -0.466 e. The summed E-state index contributed by atoms with van der Waals surface area (Å²) in [5, 5.41) is 10.2. The summed E-state index contributed by atoms with van der Waals surface area (Å²) in [6.07, 6.45) is 2.39. The maximum Gasteiger partial charge on any atom is 0.330 e. The molecule has 3 heteroatoms. The third kappa shape index (κ3) is 3.56. The van der Waals surface area contributed by atoms with Crippen LogP contribution < -0.4 is 0 Å². The van der Waals surface area contributed by atoms with Gasteiger partial charge in [0.2, 0.25) is 0 Å². The van der Waals surface area contributed by atoms with E-state index in [0.717, 1.165) is 16.7 Å². The molecule has 102 valence electrons. The van der Waals surface area contributed by atoms with Gasteiger partial charge in [-0.25, -0.2) is 4.79 Å². The molecular formula is C17H16O3. The van der Waals surface area contributed by atoms with Crippen molar-refractivity contribution in [3.63, 3.8) is 0 Å². The Morgan fingerprint density at radius 2 is 1.65 bits per heavy atom. The molecule has 0 aliphatic rings. The number of esters is 1. The summed E-state index contributed by atoms with van der Waals surface area (Å²) in [5.41, 5.74) is 2.54. The Morgan fingerprint density at radius 1 is 1.05 bits per heavy atom. The highest BCUT2D eigenvalue weighted by atomic mass is 16.5. The predicted molar refractivity (Wildman–Crippen MR) is 78.0 cm³/mol. The Bertz CT molecular complexity index is 585. The number of aliphatic hydroxyl groups excluding tert-OH is 1. The lowest BCUT2D eigenvalue weighted by atomic mass is 10.0. The first-order valence-electron chi connectivity index (χ1n) is 6.29. The lowest BCUT2D eigenvalue weighted by Crippen LogP contribution is -1.99. The molecule has 0 fully saturated rings. The van der Waals surface area contributed by atoms with Crippen LogP contribution in [0.25, 0.3) is 6.08 Å². The molecule has 0 aliphatic carbocycles. The molecule has 1 N–H and O–H groups in total.